The van der Waals surface area contributed by atoms with Crippen molar-refractivity contribution in [1.29, 1.82) is 0 Å². The lowest BCUT2D eigenvalue weighted by Crippen LogP contribution is -2.68. The van der Waals surface area contributed by atoms with Crippen molar-refractivity contribution in [2.75, 3.05) is 26.2 Å². The maximum Gasteiger partial charge on any atom is 0.247 e. The Morgan fingerprint density at radius 2 is 1.74 bits per heavy atom. The molecule has 0 N–H and O–H groups in total. The molecule has 0 aliphatic carbocycles. The fourth-order valence-corrected chi connectivity index (χ4v) is 4.55. The van der Waals surface area contributed by atoms with Gasteiger partial charge in [-0.15, -0.1) is 0 Å². The van der Waals surface area contributed by atoms with E-state index in [1.54, 1.807) is 4.90 Å². The Kier molecular flexibility index (Phi) is 3.97. The van der Waals surface area contributed by atoms with Gasteiger partial charge in [0.25, 0.3) is 0 Å². The van der Waals surface area contributed by atoms with Gasteiger partial charge in [-0.1, -0.05) is 18.2 Å². The van der Waals surface area contributed by atoms with Crippen LogP contribution in [-0.2, 0) is 16.1 Å². The summed E-state index contributed by atoms with van der Waals surface area (Å²) in [5, 5.41) is 4.45. The minimum Gasteiger partial charge on any atom is -0.329 e. The molecule has 5 rings (SSSR count). The van der Waals surface area contributed by atoms with Gasteiger partial charge in [0.15, 0.2) is 0 Å². The van der Waals surface area contributed by atoms with Crippen LogP contribution in [0.2, 0.25) is 0 Å². The molecule has 3 saturated heterocycles. The molecule has 3 aliphatic rings. The van der Waals surface area contributed by atoms with Crippen molar-refractivity contribution in [3.63, 3.8) is 0 Å². The van der Waals surface area contributed by atoms with E-state index >= 15 is 0 Å². The molecule has 140 valence electrons. The number of para-hydroxylation sites is 1. The van der Waals surface area contributed by atoms with Crippen molar-refractivity contribution in [3.05, 3.63) is 48.3 Å². The first-order chi connectivity index (χ1) is 13.2. The molecule has 0 unspecified atom stereocenters. The molecule has 0 radical (unpaired) electrons. The van der Waals surface area contributed by atoms with E-state index in [1.165, 1.54) is 0 Å². The van der Waals surface area contributed by atoms with E-state index in [0.717, 1.165) is 43.7 Å². The number of carbonyl (C=O) groups is 2. The highest BCUT2D eigenvalue weighted by molar-refractivity contribution is 5.97. The van der Waals surface area contributed by atoms with Gasteiger partial charge in [-0.3, -0.25) is 14.5 Å². The second-order valence-electron chi connectivity index (χ2n) is 7.60. The van der Waals surface area contributed by atoms with Crippen LogP contribution in [0.1, 0.15) is 18.4 Å². The van der Waals surface area contributed by atoms with Gasteiger partial charge in [0, 0.05) is 44.5 Å². The van der Waals surface area contributed by atoms with Gasteiger partial charge in [-0.05, 0) is 25.0 Å². The molecule has 27 heavy (non-hydrogen) atoms. The number of piperazine rings is 2. The van der Waals surface area contributed by atoms with Crippen LogP contribution in [0.5, 0.6) is 0 Å². The van der Waals surface area contributed by atoms with Gasteiger partial charge in [-0.2, -0.15) is 5.10 Å². The zero-order chi connectivity index (χ0) is 18.4. The predicted molar refractivity (Wildman–Crippen MR) is 99.1 cm³/mol. The summed E-state index contributed by atoms with van der Waals surface area (Å²) < 4.78 is 1.87. The third-order valence-corrected chi connectivity index (χ3v) is 5.92. The number of nitrogens with zero attached hydrogens (tertiary/aromatic N) is 5. The zero-order valence-electron chi connectivity index (χ0n) is 15.2. The Morgan fingerprint density at radius 1 is 0.963 bits per heavy atom. The molecule has 2 atom stereocenters. The molecular weight excluding hydrogens is 342 g/mol. The quantitative estimate of drug-likeness (QED) is 0.811. The second-order valence-corrected chi connectivity index (χ2v) is 7.60. The van der Waals surface area contributed by atoms with Crippen LogP contribution in [0.4, 0.5) is 0 Å². The van der Waals surface area contributed by atoms with Crippen molar-refractivity contribution in [3.8, 4) is 5.69 Å². The molecular formula is C20H23N5O2. The van der Waals surface area contributed by atoms with Gasteiger partial charge >= 0.3 is 0 Å². The standard InChI is InChI=1S/C20H23N5O2/c26-19-17-7-4-8-23(17)20(27)18-14-22(9-10-24(18)19)12-15-11-21-25(13-15)16-5-2-1-3-6-16/h1-3,5-6,11,13,17-18H,4,7-10,12,14H2/t17-,18-/m1/s1. The maximum absolute atomic E-state index is 12.9. The first-order valence-corrected chi connectivity index (χ1v) is 9.63. The van der Waals surface area contributed by atoms with E-state index in [0.29, 0.717) is 13.1 Å². The topological polar surface area (TPSA) is 61.7 Å². The number of benzene rings is 1. The lowest BCUT2D eigenvalue weighted by molar-refractivity contribution is -0.163. The SMILES string of the molecule is O=C1[C@H]2CN(Cc3cnn(-c4ccccc4)c3)CCN2C(=O)[C@H]2CCCN12. The first kappa shape index (κ1) is 16.5. The van der Waals surface area contributed by atoms with Crippen molar-refractivity contribution in [2.45, 2.75) is 31.5 Å². The van der Waals surface area contributed by atoms with E-state index in [9.17, 15) is 9.59 Å². The Hall–Kier alpha value is -2.67. The van der Waals surface area contributed by atoms with E-state index in [2.05, 4.69) is 10.00 Å². The first-order valence-electron chi connectivity index (χ1n) is 9.63. The van der Waals surface area contributed by atoms with Crippen LogP contribution in [0, 0.1) is 0 Å². The maximum atomic E-state index is 12.9. The Balaban J connectivity index is 1.29. The highest BCUT2D eigenvalue weighted by Gasteiger charge is 2.49. The summed E-state index contributed by atoms with van der Waals surface area (Å²) in [6, 6.07) is 9.48. The van der Waals surface area contributed by atoms with Gasteiger partial charge in [-0.25, -0.2) is 4.68 Å². The molecule has 0 saturated carbocycles. The van der Waals surface area contributed by atoms with Crippen molar-refractivity contribution in [1.82, 2.24) is 24.5 Å². The molecule has 2 amide bonds. The van der Waals surface area contributed by atoms with Crippen molar-refractivity contribution >= 4 is 11.8 Å². The number of hydrogen-bond donors (Lipinski definition) is 0. The lowest BCUT2D eigenvalue weighted by Gasteiger charge is -2.47. The van der Waals surface area contributed by atoms with Crippen LogP contribution in [-0.4, -0.2) is 74.6 Å². The Morgan fingerprint density at radius 3 is 2.59 bits per heavy atom. The molecule has 1 aromatic carbocycles. The van der Waals surface area contributed by atoms with Gasteiger partial charge in [0.2, 0.25) is 11.8 Å². The predicted octanol–water partition coefficient (Wildman–Crippen LogP) is 0.890. The fraction of sp³-hybridized carbons (Fsp3) is 0.450. The minimum absolute atomic E-state index is 0.127. The number of rotatable bonds is 3. The van der Waals surface area contributed by atoms with E-state index < -0.39 is 0 Å². The number of carbonyl (C=O) groups excluding carboxylic acids is 2. The van der Waals surface area contributed by atoms with Crippen molar-refractivity contribution in [2.24, 2.45) is 0 Å². The number of hydrogen-bond acceptors (Lipinski definition) is 4. The summed E-state index contributed by atoms with van der Waals surface area (Å²) in [5.41, 5.74) is 2.14. The number of fused-ring (bicyclic) bond motifs is 2. The zero-order valence-corrected chi connectivity index (χ0v) is 15.2. The number of aromatic nitrogens is 2. The summed E-state index contributed by atoms with van der Waals surface area (Å²) in [7, 11) is 0. The third kappa shape index (κ3) is 2.82. The molecule has 0 bridgehead atoms. The molecule has 7 heteroatoms. The normalized spacial score (nSPS) is 25.6. The molecule has 0 spiro atoms. The van der Waals surface area contributed by atoms with Crippen LogP contribution in [0.25, 0.3) is 5.69 Å². The average molecular weight is 365 g/mol. The summed E-state index contributed by atoms with van der Waals surface area (Å²) in [6.45, 7) is 3.49. The van der Waals surface area contributed by atoms with E-state index in [4.69, 9.17) is 0 Å². The highest BCUT2D eigenvalue weighted by Crippen LogP contribution is 2.29. The minimum atomic E-state index is -0.329. The second kappa shape index (κ2) is 6.49. The molecule has 3 aliphatic heterocycles. The van der Waals surface area contributed by atoms with Crippen LogP contribution in [0.3, 0.4) is 0 Å². The van der Waals surface area contributed by atoms with E-state index in [1.807, 2.05) is 52.3 Å². The Labute approximate surface area is 158 Å². The summed E-state index contributed by atoms with van der Waals surface area (Å²) in [6.07, 6.45) is 5.66. The van der Waals surface area contributed by atoms with Gasteiger partial charge < -0.3 is 9.80 Å². The summed E-state index contributed by atoms with van der Waals surface area (Å²) in [4.78, 5) is 31.5. The summed E-state index contributed by atoms with van der Waals surface area (Å²) >= 11 is 0. The summed E-state index contributed by atoms with van der Waals surface area (Å²) in [5.74, 6) is 0.274. The molecule has 2 aromatic rings. The highest BCUT2D eigenvalue weighted by atomic mass is 16.2. The number of amides is 2. The van der Waals surface area contributed by atoms with Crippen LogP contribution >= 0.6 is 0 Å². The lowest BCUT2D eigenvalue weighted by atomic mass is 10.0. The average Bonchev–Trinajstić information content (AvgIpc) is 3.37. The fourth-order valence-electron chi connectivity index (χ4n) is 4.55. The largest absolute Gasteiger partial charge is 0.329 e. The van der Waals surface area contributed by atoms with E-state index in [-0.39, 0.29) is 23.9 Å². The van der Waals surface area contributed by atoms with Gasteiger partial charge in [0.05, 0.1) is 11.9 Å². The third-order valence-electron chi connectivity index (χ3n) is 5.92. The molecule has 1 aromatic heterocycles. The van der Waals surface area contributed by atoms with Crippen LogP contribution < -0.4 is 0 Å². The van der Waals surface area contributed by atoms with Crippen LogP contribution in [0.15, 0.2) is 42.7 Å². The van der Waals surface area contributed by atoms with Gasteiger partial charge in [0.1, 0.15) is 12.1 Å². The molecule has 4 heterocycles. The molecule has 7 nitrogen and oxygen atoms in total. The molecule has 3 fully saturated rings. The smallest absolute Gasteiger partial charge is 0.247 e. The monoisotopic (exact) mass is 365 g/mol. The Bertz CT molecular complexity index is 864. The van der Waals surface area contributed by atoms with Crippen molar-refractivity contribution < 1.29 is 9.59 Å².